The second kappa shape index (κ2) is 7.42. The number of anilines is 1. The highest BCUT2D eigenvalue weighted by atomic mass is 79.9. The third-order valence-corrected chi connectivity index (χ3v) is 5.60. The van der Waals surface area contributed by atoms with Crippen molar-refractivity contribution in [3.63, 3.8) is 0 Å². The lowest BCUT2D eigenvalue weighted by Gasteiger charge is -2.06. The Morgan fingerprint density at radius 2 is 2.04 bits per heavy atom. The van der Waals surface area contributed by atoms with Crippen LogP contribution in [0.5, 0.6) is 0 Å². The Morgan fingerprint density at radius 1 is 1.26 bits per heavy atom. The molecular formula is C19H12BrClFN3OS. The number of carbonyl (C=O) groups is 1. The van der Waals surface area contributed by atoms with Gasteiger partial charge < -0.3 is 5.32 Å². The summed E-state index contributed by atoms with van der Waals surface area (Å²) in [6.07, 6.45) is 2.00. The first-order valence-electron chi connectivity index (χ1n) is 7.96. The van der Waals surface area contributed by atoms with Crippen LogP contribution in [-0.2, 0) is 11.2 Å². The number of thiazole rings is 1. The normalized spacial score (nSPS) is 11.1. The van der Waals surface area contributed by atoms with E-state index in [4.69, 9.17) is 11.6 Å². The maximum atomic E-state index is 13.9. The zero-order valence-corrected chi connectivity index (χ0v) is 16.9. The molecule has 2 aromatic carbocycles. The van der Waals surface area contributed by atoms with Crippen LogP contribution in [0.3, 0.4) is 0 Å². The van der Waals surface area contributed by atoms with E-state index in [0.29, 0.717) is 9.50 Å². The summed E-state index contributed by atoms with van der Waals surface area (Å²) < 4.78 is 16.4. The van der Waals surface area contributed by atoms with E-state index in [-0.39, 0.29) is 18.0 Å². The van der Waals surface area contributed by atoms with Crippen molar-refractivity contribution in [2.24, 2.45) is 0 Å². The fourth-order valence-electron chi connectivity index (χ4n) is 2.67. The smallest absolute Gasteiger partial charge is 0.230 e. The van der Waals surface area contributed by atoms with Crippen molar-refractivity contribution in [3.05, 3.63) is 75.0 Å². The molecule has 27 heavy (non-hydrogen) atoms. The van der Waals surface area contributed by atoms with Crippen LogP contribution >= 0.6 is 38.9 Å². The Balaban J connectivity index is 1.55. The van der Waals surface area contributed by atoms with Crippen LogP contribution in [0.25, 0.3) is 16.2 Å². The zero-order chi connectivity index (χ0) is 19.0. The third-order valence-electron chi connectivity index (χ3n) is 3.97. The predicted octanol–water partition coefficient (Wildman–Crippen LogP) is 5.80. The number of nitrogens with zero attached hydrogens (tertiary/aromatic N) is 2. The van der Waals surface area contributed by atoms with E-state index in [2.05, 4.69) is 26.2 Å². The van der Waals surface area contributed by atoms with E-state index in [9.17, 15) is 9.18 Å². The standard InChI is InChI=1S/C19H12BrClFN3OS/c20-12-3-6-16(15(22)7-12)23-18(26)8-14-10-27-19-24-17(9-25(14)19)11-1-4-13(21)5-2-11/h1-7,9-10H,8H2,(H,23,26). The Labute approximate surface area is 171 Å². The van der Waals surface area contributed by atoms with Crippen LogP contribution in [0.2, 0.25) is 5.02 Å². The summed E-state index contributed by atoms with van der Waals surface area (Å²) in [6.45, 7) is 0. The van der Waals surface area contributed by atoms with Crippen molar-refractivity contribution in [1.29, 1.82) is 0 Å². The second-order valence-electron chi connectivity index (χ2n) is 5.86. The first kappa shape index (κ1) is 18.2. The van der Waals surface area contributed by atoms with E-state index < -0.39 is 5.82 Å². The minimum Gasteiger partial charge on any atom is -0.323 e. The van der Waals surface area contributed by atoms with Crippen LogP contribution < -0.4 is 5.32 Å². The summed E-state index contributed by atoms with van der Waals surface area (Å²) in [5, 5.41) is 5.15. The van der Waals surface area contributed by atoms with Crippen molar-refractivity contribution in [2.45, 2.75) is 6.42 Å². The van der Waals surface area contributed by atoms with Gasteiger partial charge in [-0.3, -0.25) is 9.20 Å². The lowest BCUT2D eigenvalue weighted by Crippen LogP contribution is -2.16. The SMILES string of the molecule is O=C(Cc1csc2nc(-c3ccc(Cl)cc3)cn12)Nc1ccc(Br)cc1F. The van der Waals surface area contributed by atoms with Crippen molar-refractivity contribution < 1.29 is 9.18 Å². The minimum absolute atomic E-state index is 0.117. The summed E-state index contributed by atoms with van der Waals surface area (Å²) in [6, 6.07) is 11.9. The molecule has 2 heterocycles. The fraction of sp³-hybridized carbons (Fsp3) is 0.0526. The molecule has 0 saturated carbocycles. The number of fused-ring (bicyclic) bond motifs is 1. The van der Waals surface area contributed by atoms with Crippen LogP contribution in [0.15, 0.2) is 58.5 Å². The predicted molar refractivity (Wildman–Crippen MR) is 110 cm³/mol. The van der Waals surface area contributed by atoms with Gasteiger partial charge in [0, 0.05) is 32.3 Å². The monoisotopic (exact) mass is 463 g/mol. The summed E-state index contributed by atoms with van der Waals surface area (Å²) in [5.41, 5.74) is 2.70. The topological polar surface area (TPSA) is 46.4 Å². The molecule has 0 aliphatic rings. The number of nitrogens with one attached hydrogen (secondary N) is 1. The van der Waals surface area contributed by atoms with Gasteiger partial charge in [0.1, 0.15) is 5.82 Å². The Kier molecular flexibility index (Phi) is 4.99. The Morgan fingerprint density at radius 3 is 2.78 bits per heavy atom. The molecule has 4 aromatic rings. The number of hydrogen-bond donors (Lipinski definition) is 1. The molecule has 1 N–H and O–H groups in total. The van der Waals surface area contributed by atoms with Crippen LogP contribution in [0, 0.1) is 5.82 Å². The number of rotatable bonds is 4. The molecule has 136 valence electrons. The van der Waals surface area contributed by atoms with E-state index in [1.54, 1.807) is 6.07 Å². The lowest BCUT2D eigenvalue weighted by molar-refractivity contribution is -0.115. The summed E-state index contributed by atoms with van der Waals surface area (Å²) >= 11 is 10.6. The largest absolute Gasteiger partial charge is 0.323 e. The molecule has 0 bridgehead atoms. The molecule has 0 fully saturated rings. The van der Waals surface area contributed by atoms with E-state index >= 15 is 0 Å². The summed E-state index contributed by atoms with van der Waals surface area (Å²) in [7, 11) is 0. The molecule has 1 amide bonds. The number of benzene rings is 2. The van der Waals surface area contributed by atoms with Gasteiger partial charge >= 0.3 is 0 Å². The molecule has 0 saturated heterocycles. The van der Waals surface area contributed by atoms with Crippen LogP contribution in [0.4, 0.5) is 10.1 Å². The Bertz CT molecular complexity index is 1140. The van der Waals surface area contributed by atoms with Gasteiger partial charge in [-0.25, -0.2) is 9.37 Å². The van der Waals surface area contributed by atoms with Crippen LogP contribution in [0.1, 0.15) is 5.69 Å². The molecule has 2 aromatic heterocycles. The average molecular weight is 465 g/mol. The number of hydrogen-bond acceptors (Lipinski definition) is 3. The molecule has 0 unspecified atom stereocenters. The quantitative estimate of drug-likeness (QED) is 0.415. The number of carbonyl (C=O) groups excluding carboxylic acids is 1. The molecule has 0 aliphatic heterocycles. The van der Waals surface area contributed by atoms with Crippen molar-refractivity contribution in [1.82, 2.24) is 9.38 Å². The van der Waals surface area contributed by atoms with Gasteiger partial charge in [-0.15, -0.1) is 11.3 Å². The molecule has 4 rings (SSSR count). The maximum Gasteiger partial charge on any atom is 0.230 e. The highest BCUT2D eigenvalue weighted by Crippen LogP contribution is 2.25. The summed E-state index contributed by atoms with van der Waals surface area (Å²) in [5.74, 6) is -0.779. The minimum atomic E-state index is -0.485. The zero-order valence-electron chi connectivity index (χ0n) is 13.7. The molecule has 4 nitrogen and oxygen atoms in total. The third kappa shape index (κ3) is 3.90. The van der Waals surface area contributed by atoms with Gasteiger partial charge in [0.05, 0.1) is 17.8 Å². The van der Waals surface area contributed by atoms with E-state index in [1.807, 2.05) is 40.2 Å². The van der Waals surface area contributed by atoms with Crippen molar-refractivity contribution in [3.8, 4) is 11.3 Å². The van der Waals surface area contributed by atoms with E-state index in [1.165, 1.54) is 23.5 Å². The number of aromatic nitrogens is 2. The van der Waals surface area contributed by atoms with Gasteiger partial charge in [-0.05, 0) is 30.3 Å². The van der Waals surface area contributed by atoms with Gasteiger partial charge in [0.2, 0.25) is 5.91 Å². The molecule has 8 heteroatoms. The Hall–Kier alpha value is -2.22. The maximum absolute atomic E-state index is 13.9. The number of amides is 1. The molecule has 0 spiro atoms. The fourth-order valence-corrected chi connectivity index (χ4v) is 4.00. The summed E-state index contributed by atoms with van der Waals surface area (Å²) in [4.78, 5) is 17.7. The first-order valence-corrected chi connectivity index (χ1v) is 10.0. The number of halogens is 3. The van der Waals surface area contributed by atoms with E-state index in [0.717, 1.165) is 21.9 Å². The highest BCUT2D eigenvalue weighted by Gasteiger charge is 2.14. The van der Waals surface area contributed by atoms with Crippen molar-refractivity contribution in [2.75, 3.05) is 5.32 Å². The van der Waals surface area contributed by atoms with Gasteiger partial charge in [-0.1, -0.05) is 39.7 Å². The lowest BCUT2D eigenvalue weighted by atomic mass is 10.2. The van der Waals surface area contributed by atoms with Crippen molar-refractivity contribution >= 4 is 55.4 Å². The molecule has 0 atom stereocenters. The average Bonchev–Trinajstić information content (AvgIpc) is 3.20. The van der Waals surface area contributed by atoms with Gasteiger partial charge in [0.15, 0.2) is 4.96 Å². The first-order chi connectivity index (χ1) is 13.0. The van der Waals surface area contributed by atoms with Gasteiger partial charge in [-0.2, -0.15) is 0 Å². The molecular weight excluding hydrogens is 453 g/mol. The number of imidazole rings is 1. The van der Waals surface area contributed by atoms with Gasteiger partial charge in [0.25, 0.3) is 0 Å². The highest BCUT2D eigenvalue weighted by molar-refractivity contribution is 9.10. The van der Waals surface area contributed by atoms with Crippen LogP contribution in [-0.4, -0.2) is 15.3 Å². The second-order valence-corrected chi connectivity index (χ2v) is 8.05. The molecule has 0 aliphatic carbocycles. The molecule has 0 radical (unpaired) electrons.